The van der Waals surface area contributed by atoms with Gasteiger partial charge < -0.3 is 19.6 Å². The highest BCUT2D eigenvalue weighted by atomic mass is 16.5. The van der Waals surface area contributed by atoms with Gasteiger partial charge >= 0.3 is 0 Å². The number of nitrogens with zero attached hydrogens (tertiary/aromatic N) is 5. The lowest BCUT2D eigenvalue weighted by Crippen LogP contribution is -2.56. The summed E-state index contributed by atoms with van der Waals surface area (Å²) in [5.41, 5.74) is 1.02. The Balaban J connectivity index is 1.46. The molecule has 1 aromatic heterocycles. The van der Waals surface area contributed by atoms with Gasteiger partial charge in [0.15, 0.2) is 5.69 Å². The fourth-order valence-electron chi connectivity index (χ4n) is 4.19. The number of hydrogen-bond acceptors (Lipinski definition) is 6. The number of aromatic nitrogens is 3. The minimum atomic E-state index is -0.769. The molecule has 2 fully saturated rings. The zero-order valence-electron chi connectivity index (χ0n) is 17.2. The van der Waals surface area contributed by atoms with E-state index in [0.29, 0.717) is 26.1 Å². The molecule has 0 unspecified atom stereocenters. The van der Waals surface area contributed by atoms with Crippen molar-refractivity contribution >= 4 is 11.8 Å². The molecule has 160 valence electrons. The van der Waals surface area contributed by atoms with Crippen molar-refractivity contribution in [2.45, 2.75) is 38.6 Å². The fourth-order valence-corrected chi connectivity index (χ4v) is 4.19. The van der Waals surface area contributed by atoms with Crippen LogP contribution in [0.3, 0.4) is 0 Å². The molecule has 2 saturated heterocycles. The van der Waals surface area contributed by atoms with E-state index in [1.807, 2.05) is 44.2 Å². The number of amides is 2. The quantitative estimate of drug-likeness (QED) is 0.796. The lowest BCUT2D eigenvalue weighted by molar-refractivity contribution is -0.153. The number of likely N-dealkylation sites (tertiary alicyclic amines) is 1. The molecular formula is C21H27N5O4. The molecule has 9 heteroatoms. The number of aliphatic hydroxyl groups excluding tert-OH is 1. The van der Waals surface area contributed by atoms with Gasteiger partial charge in [0.1, 0.15) is 0 Å². The van der Waals surface area contributed by atoms with Crippen LogP contribution in [0, 0.1) is 5.92 Å². The Labute approximate surface area is 175 Å². The highest BCUT2D eigenvalue weighted by Gasteiger charge is 2.39. The van der Waals surface area contributed by atoms with Crippen LogP contribution in [0.25, 0.3) is 5.69 Å². The molecule has 0 saturated carbocycles. The molecular weight excluding hydrogens is 386 g/mol. The van der Waals surface area contributed by atoms with Crippen molar-refractivity contribution in [3.63, 3.8) is 0 Å². The van der Waals surface area contributed by atoms with Crippen LogP contribution in [0.4, 0.5) is 0 Å². The smallest absolute Gasteiger partial charge is 0.276 e. The zero-order chi connectivity index (χ0) is 21.3. The van der Waals surface area contributed by atoms with Crippen molar-refractivity contribution in [2.24, 2.45) is 5.92 Å². The topological polar surface area (TPSA) is 101 Å². The first kappa shape index (κ1) is 20.5. The van der Waals surface area contributed by atoms with Crippen molar-refractivity contribution in [3.05, 3.63) is 42.2 Å². The maximum absolute atomic E-state index is 13.1. The Morgan fingerprint density at radius 1 is 1.07 bits per heavy atom. The molecule has 9 nitrogen and oxygen atoms in total. The Kier molecular flexibility index (Phi) is 5.83. The maximum Gasteiger partial charge on any atom is 0.276 e. The number of carbonyl (C=O) groups is 2. The van der Waals surface area contributed by atoms with Gasteiger partial charge in [-0.3, -0.25) is 9.59 Å². The van der Waals surface area contributed by atoms with E-state index in [1.54, 1.807) is 20.7 Å². The second-order valence-corrected chi connectivity index (χ2v) is 8.10. The van der Waals surface area contributed by atoms with Gasteiger partial charge in [0, 0.05) is 26.2 Å². The van der Waals surface area contributed by atoms with Crippen LogP contribution in [-0.4, -0.2) is 86.2 Å². The summed E-state index contributed by atoms with van der Waals surface area (Å²) < 4.78 is 7.25. The lowest BCUT2D eigenvalue weighted by atomic mass is 9.92. The highest BCUT2D eigenvalue weighted by Crippen LogP contribution is 2.23. The predicted molar refractivity (Wildman–Crippen MR) is 108 cm³/mol. The number of ether oxygens (including phenoxy) is 1. The van der Waals surface area contributed by atoms with Gasteiger partial charge in [-0.1, -0.05) is 23.4 Å². The highest BCUT2D eigenvalue weighted by molar-refractivity contribution is 5.92. The Morgan fingerprint density at radius 3 is 2.47 bits per heavy atom. The Hall–Kier alpha value is -2.78. The first-order valence-corrected chi connectivity index (χ1v) is 10.3. The second kappa shape index (κ2) is 8.53. The third-order valence-corrected chi connectivity index (χ3v) is 5.65. The molecule has 3 heterocycles. The van der Waals surface area contributed by atoms with E-state index in [2.05, 4.69) is 10.3 Å². The first-order chi connectivity index (χ1) is 14.4. The van der Waals surface area contributed by atoms with Gasteiger partial charge in [-0.2, -0.15) is 0 Å². The van der Waals surface area contributed by atoms with E-state index in [9.17, 15) is 14.7 Å². The summed E-state index contributed by atoms with van der Waals surface area (Å²) in [6.45, 7) is 5.38. The molecule has 0 bridgehead atoms. The van der Waals surface area contributed by atoms with Gasteiger partial charge in [0.05, 0.1) is 36.1 Å². The fraction of sp³-hybridized carbons (Fsp3) is 0.524. The summed E-state index contributed by atoms with van der Waals surface area (Å²) >= 11 is 0. The monoisotopic (exact) mass is 413 g/mol. The molecule has 0 aliphatic carbocycles. The molecule has 2 aliphatic heterocycles. The molecule has 2 aromatic rings. The van der Waals surface area contributed by atoms with Crippen LogP contribution in [0.5, 0.6) is 0 Å². The van der Waals surface area contributed by atoms with Gasteiger partial charge in [-0.05, 0) is 32.4 Å². The molecule has 4 atom stereocenters. The number of carbonyl (C=O) groups excluding carboxylic acids is 2. The van der Waals surface area contributed by atoms with E-state index < -0.39 is 12.0 Å². The van der Waals surface area contributed by atoms with Crippen LogP contribution >= 0.6 is 0 Å². The molecule has 1 N–H and O–H groups in total. The number of para-hydroxylation sites is 1. The standard InChI is InChI=1S/C21H27N5O4/c1-14-10-25(11-15(2)30-14)20(28)17-12-24(9-8-19(17)27)21(29)18-13-26(23-22-18)16-6-4-3-5-7-16/h3-7,13-15,17,19,27H,8-12H2,1-2H3/t14-,15+,17-,19+/m0/s1. The summed E-state index contributed by atoms with van der Waals surface area (Å²) in [5.74, 6) is -1.06. The Bertz CT molecular complexity index is 892. The van der Waals surface area contributed by atoms with Gasteiger partial charge in [0.25, 0.3) is 5.91 Å². The van der Waals surface area contributed by atoms with Crippen molar-refractivity contribution in [1.82, 2.24) is 24.8 Å². The normalized spacial score (nSPS) is 27.2. The number of hydrogen-bond donors (Lipinski definition) is 1. The van der Waals surface area contributed by atoms with E-state index in [-0.39, 0.29) is 36.3 Å². The molecule has 0 spiro atoms. The van der Waals surface area contributed by atoms with Crippen LogP contribution in [0.1, 0.15) is 30.8 Å². The summed E-state index contributed by atoms with van der Waals surface area (Å²) in [6, 6.07) is 9.42. The summed E-state index contributed by atoms with van der Waals surface area (Å²) in [7, 11) is 0. The molecule has 30 heavy (non-hydrogen) atoms. The SMILES string of the molecule is C[C@@H]1CN(C(=O)[C@H]2CN(C(=O)c3cn(-c4ccccc4)nn3)CC[C@H]2O)C[C@H](C)O1. The van der Waals surface area contributed by atoms with Crippen LogP contribution in [0.2, 0.25) is 0 Å². The maximum atomic E-state index is 13.1. The number of morpholine rings is 1. The number of aliphatic hydroxyl groups is 1. The average molecular weight is 413 g/mol. The third kappa shape index (κ3) is 4.22. The number of piperidine rings is 1. The van der Waals surface area contributed by atoms with E-state index in [0.717, 1.165) is 5.69 Å². The van der Waals surface area contributed by atoms with E-state index >= 15 is 0 Å². The largest absolute Gasteiger partial charge is 0.392 e. The van der Waals surface area contributed by atoms with Crippen LogP contribution in [-0.2, 0) is 9.53 Å². The summed E-state index contributed by atoms with van der Waals surface area (Å²) in [4.78, 5) is 29.4. The van der Waals surface area contributed by atoms with Crippen molar-refractivity contribution in [1.29, 1.82) is 0 Å². The Morgan fingerprint density at radius 2 is 1.77 bits per heavy atom. The van der Waals surface area contributed by atoms with E-state index in [1.165, 1.54) is 0 Å². The first-order valence-electron chi connectivity index (χ1n) is 10.3. The summed E-state index contributed by atoms with van der Waals surface area (Å²) in [5, 5.41) is 18.5. The average Bonchev–Trinajstić information content (AvgIpc) is 3.23. The molecule has 2 amide bonds. The predicted octanol–water partition coefficient (Wildman–Crippen LogP) is 0.726. The lowest BCUT2D eigenvalue weighted by Gasteiger charge is -2.41. The molecule has 1 aromatic carbocycles. The van der Waals surface area contributed by atoms with E-state index in [4.69, 9.17) is 4.74 Å². The van der Waals surface area contributed by atoms with Crippen molar-refractivity contribution < 1.29 is 19.4 Å². The second-order valence-electron chi connectivity index (χ2n) is 8.10. The van der Waals surface area contributed by atoms with Crippen LogP contribution in [0.15, 0.2) is 36.5 Å². The van der Waals surface area contributed by atoms with Gasteiger partial charge in [0.2, 0.25) is 5.91 Å². The molecule has 2 aliphatic rings. The number of rotatable bonds is 3. The van der Waals surface area contributed by atoms with Crippen LogP contribution < -0.4 is 0 Å². The summed E-state index contributed by atoms with van der Waals surface area (Å²) in [6.07, 6.45) is 1.07. The molecule has 0 radical (unpaired) electrons. The van der Waals surface area contributed by atoms with Crippen molar-refractivity contribution in [3.8, 4) is 5.69 Å². The zero-order valence-corrected chi connectivity index (χ0v) is 17.2. The number of benzene rings is 1. The van der Waals surface area contributed by atoms with Crippen molar-refractivity contribution in [2.75, 3.05) is 26.2 Å². The molecule has 4 rings (SSSR count). The minimum Gasteiger partial charge on any atom is -0.392 e. The van der Waals surface area contributed by atoms with Gasteiger partial charge in [-0.15, -0.1) is 5.10 Å². The minimum absolute atomic E-state index is 0.0517. The van der Waals surface area contributed by atoms with Gasteiger partial charge in [-0.25, -0.2) is 4.68 Å². The third-order valence-electron chi connectivity index (χ3n) is 5.65.